The normalized spacial score (nSPS) is 12.2. The van der Waals surface area contributed by atoms with Gasteiger partial charge in [-0.3, -0.25) is 0 Å². The van der Waals surface area contributed by atoms with Crippen LogP contribution in [0.15, 0.2) is 40.9 Å². The van der Waals surface area contributed by atoms with Gasteiger partial charge in [-0.05, 0) is 43.7 Å². The number of halogens is 1. The van der Waals surface area contributed by atoms with Crippen molar-refractivity contribution in [3.8, 4) is 5.75 Å². The lowest BCUT2D eigenvalue weighted by molar-refractivity contribution is 0.414. The molecule has 21 heavy (non-hydrogen) atoms. The van der Waals surface area contributed by atoms with Gasteiger partial charge >= 0.3 is 0 Å². The van der Waals surface area contributed by atoms with Gasteiger partial charge in [0.25, 0.3) is 0 Å². The number of nitrogens with one attached hydrogen (secondary N) is 1. The third-order valence-corrected chi connectivity index (χ3v) is 4.19. The summed E-state index contributed by atoms with van der Waals surface area (Å²) in [5, 5.41) is 3.58. The molecule has 2 aromatic carbocycles. The van der Waals surface area contributed by atoms with Gasteiger partial charge in [-0.25, -0.2) is 0 Å². The summed E-state index contributed by atoms with van der Waals surface area (Å²) in [6.45, 7) is 7.33. The first kappa shape index (κ1) is 16.1. The highest BCUT2D eigenvalue weighted by molar-refractivity contribution is 9.10. The summed E-state index contributed by atoms with van der Waals surface area (Å²) < 4.78 is 6.35. The number of methoxy groups -OCH3 is 1. The summed E-state index contributed by atoms with van der Waals surface area (Å²) in [5.41, 5.74) is 5.10. The molecule has 1 atom stereocenters. The molecular weight excluding hydrogens is 326 g/mol. The molecule has 0 saturated heterocycles. The van der Waals surface area contributed by atoms with E-state index in [2.05, 4.69) is 66.3 Å². The molecule has 0 aliphatic heterocycles. The van der Waals surface area contributed by atoms with E-state index in [1.807, 2.05) is 12.1 Å². The van der Waals surface area contributed by atoms with Gasteiger partial charge in [0.1, 0.15) is 5.75 Å². The fourth-order valence-electron chi connectivity index (χ4n) is 2.66. The Hall–Kier alpha value is -1.32. The van der Waals surface area contributed by atoms with Crippen LogP contribution in [0.2, 0.25) is 0 Å². The van der Waals surface area contributed by atoms with Gasteiger partial charge in [0.05, 0.1) is 13.2 Å². The first-order chi connectivity index (χ1) is 10.0. The maximum Gasteiger partial charge on any atom is 0.120 e. The predicted octanol–water partition coefficient (Wildman–Crippen LogP) is 4.77. The maximum atomic E-state index is 5.28. The van der Waals surface area contributed by atoms with Crippen LogP contribution in [-0.2, 0) is 0 Å². The summed E-state index contributed by atoms with van der Waals surface area (Å²) in [5.74, 6) is 0.862. The highest BCUT2D eigenvalue weighted by atomic mass is 79.9. The predicted molar refractivity (Wildman–Crippen MR) is 92.1 cm³/mol. The van der Waals surface area contributed by atoms with Crippen molar-refractivity contribution in [1.29, 1.82) is 0 Å². The van der Waals surface area contributed by atoms with Gasteiger partial charge < -0.3 is 10.1 Å². The Bertz CT molecular complexity index is 604. The van der Waals surface area contributed by atoms with Crippen LogP contribution in [0.5, 0.6) is 5.75 Å². The minimum atomic E-state index is 0.175. The molecule has 0 saturated carbocycles. The lowest BCUT2D eigenvalue weighted by Crippen LogP contribution is -2.22. The van der Waals surface area contributed by atoms with Crippen molar-refractivity contribution in [2.75, 3.05) is 13.7 Å². The Morgan fingerprint density at radius 2 is 1.76 bits per heavy atom. The molecule has 0 amide bonds. The van der Waals surface area contributed by atoms with Crippen LogP contribution in [0.3, 0.4) is 0 Å². The smallest absolute Gasteiger partial charge is 0.120 e. The number of rotatable bonds is 5. The largest absolute Gasteiger partial charge is 0.497 e. The van der Waals surface area contributed by atoms with Gasteiger partial charge in [-0.15, -0.1) is 0 Å². The highest BCUT2D eigenvalue weighted by Gasteiger charge is 2.17. The van der Waals surface area contributed by atoms with E-state index in [9.17, 15) is 0 Å². The van der Waals surface area contributed by atoms with Crippen LogP contribution < -0.4 is 10.1 Å². The van der Waals surface area contributed by atoms with Crippen LogP contribution in [-0.4, -0.2) is 13.7 Å². The van der Waals surface area contributed by atoms with Crippen molar-refractivity contribution in [2.24, 2.45) is 0 Å². The van der Waals surface area contributed by atoms with Gasteiger partial charge in [0, 0.05) is 4.47 Å². The van der Waals surface area contributed by atoms with Crippen LogP contribution >= 0.6 is 15.9 Å². The Morgan fingerprint density at radius 1 is 1.10 bits per heavy atom. The van der Waals surface area contributed by atoms with Crippen LogP contribution in [0, 0.1) is 13.8 Å². The first-order valence-electron chi connectivity index (χ1n) is 7.20. The summed E-state index contributed by atoms with van der Waals surface area (Å²) in [7, 11) is 1.69. The Kier molecular flexibility index (Phi) is 5.43. The Labute approximate surface area is 135 Å². The second kappa shape index (κ2) is 7.10. The summed E-state index contributed by atoms with van der Waals surface area (Å²) >= 11 is 3.67. The topological polar surface area (TPSA) is 21.3 Å². The minimum absolute atomic E-state index is 0.175. The molecule has 2 rings (SSSR count). The molecule has 112 valence electrons. The van der Waals surface area contributed by atoms with E-state index in [0.717, 1.165) is 16.8 Å². The molecule has 0 spiro atoms. The van der Waals surface area contributed by atoms with Crippen LogP contribution in [0.4, 0.5) is 0 Å². The van der Waals surface area contributed by atoms with Crippen molar-refractivity contribution in [3.05, 3.63) is 63.1 Å². The van der Waals surface area contributed by atoms with Gasteiger partial charge in [-0.2, -0.15) is 0 Å². The number of hydrogen-bond donors (Lipinski definition) is 1. The molecule has 0 aliphatic rings. The molecule has 0 fully saturated rings. The van der Waals surface area contributed by atoms with Crippen molar-refractivity contribution >= 4 is 15.9 Å². The number of benzene rings is 2. The van der Waals surface area contributed by atoms with E-state index in [0.29, 0.717) is 0 Å². The quantitative estimate of drug-likeness (QED) is 0.840. The van der Waals surface area contributed by atoms with E-state index in [1.165, 1.54) is 22.3 Å². The van der Waals surface area contributed by atoms with Crippen LogP contribution in [0.1, 0.15) is 35.2 Å². The average Bonchev–Trinajstić information content (AvgIpc) is 2.44. The van der Waals surface area contributed by atoms with E-state index in [4.69, 9.17) is 4.74 Å². The number of hydrogen-bond acceptors (Lipinski definition) is 2. The van der Waals surface area contributed by atoms with Crippen molar-refractivity contribution in [3.63, 3.8) is 0 Å². The van der Waals surface area contributed by atoms with Crippen molar-refractivity contribution in [1.82, 2.24) is 5.32 Å². The number of ether oxygens (including phenoxy) is 1. The van der Waals surface area contributed by atoms with Crippen molar-refractivity contribution < 1.29 is 4.74 Å². The molecule has 0 heterocycles. The third-order valence-electron chi connectivity index (χ3n) is 3.50. The second-order valence-corrected chi connectivity index (χ2v) is 6.15. The fraction of sp³-hybridized carbons (Fsp3) is 0.333. The Morgan fingerprint density at radius 3 is 2.29 bits per heavy atom. The van der Waals surface area contributed by atoms with E-state index in [1.54, 1.807) is 7.11 Å². The summed E-state index contributed by atoms with van der Waals surface area (Å²) in [6.07, 6.45) is 0. The molecule has 2 aromatic rings. The average molecular weight is 348 g/mol. The molecule has 2 nitrogen and oxygen atoms in total. The molecule has 3 heteroatoms. The summed E-state index contributed by atoms with van der Waals surface area (Å²) in [4.78, 5) is 0. The van der Waals surface area contributed by atoms with Crippen molar-refractivity contribution in [2.45, 2.75) is 26.8 Å². The first-order valence-corrected chi connectivity index (χ1v) is 7.99. The zero-order chi connectivity index (χ0) is 15.4. The number of aryl methyl sites for hydroxylation is 2. The SMILES string of the molecule is CCNC(c1cc(C)cc(C)c1)c1ccc(OC)cc1Br. The second-order valence-electron chi connectivity index (χ2n) is 5.30. The fourth-order valence-corrected chi connectivity index (χ4v) is 3.24. The molecule has 1 N–H and O–H groups in total. The zero-order valence-electron chi connectivity index (χ0n) is 13.0. The standard InChI is InChI=1S/C18H22BrNO/c1-5-20-18(14-9-12(2)8-13(3)10-14)16-7-6-15(21-4)11-17(16)19/h6-11,18,20H,5H2,1-4H3. The Balaban J connectivity index is 2.47. The lowest BCUT2D eigenvalue weighted by Gasteiger charge is -2.22. The van der Waals surface area contributed by atoms with E-state index >= 15 is 0 Å². The molecule has 0 bridgehead atoms. The summed E-state index contributed by atoms with van der Waals surface area (Å²) in [6, 6.07) is 13.0. The van der Waals surface area contributed by atoms with Gasteiger partial charge in [0.2, 0.25) is 0 Å². The minimum Gasteiger partial charge on any atom is -0.497 e. The molecule has 0 aromatic heterocycles. The molecule has 0 radical (unpaired) electrons. The lowest BCUT2D eigenvalue weighted by atomic mass is 9.95. The van der Waals surface area contributed by atoms with E-state index in [-0.39, 0.29) is 6.04 Å². The maximum absolute atomic E-state index is 5.28. The zero-order valence-corrected chi connectivity index (χ0v) is 14.6. The van der Waals surface area contributed by atoms with Gasteiger partial charge in [0.15, 0.2) is 0 Å². The van der Waals surface area contributed by atoms with Gasteiger partial charge in [-0.1, -0.05) is 58.2 Å². The third kappa shape index (κ3) is 3.86. The molecule has 1 unspecified atom stereocenters. The molecule has 0 aliphatic carbocycles. The molecular formula is C18H22BrNO. The monoisotopic (exact) mass is 347 g/mol. The van der Waals surface area contributed by atoms with E-state index < -0.39 is 0 Å². The highest BCUT2D eigenvalue weighted by Crippen LogP contribution is 2.32. The van der Waals surface area contributed by atoms with Crippen LogP contribution in [0.25, 0.3) is 0 Å².